The first-order valence-electron chi connectivity index (χ1n) is 9.19. The van der Waals surface area contributed by atoms with Crippen molar-refractivity contribution < 1.29 is 4.74 Å². The predicted octanol–water partition coefficient (Wildman–Crippen LogP) is 6.57. The zero-order chi connectivity index (χ0) is 17.0. The summed E-state index contributed by atoms with van der Waals surface area (Å²) in [6.45, 7) is 5.12. The Balaban J connectivity index is 2.11. The van der Waals surface area contributed by atoms with Crippen LogP contribution in [0.3, 0.4) is 0 Å². The molecule has 0 unspecified atom stereocenters. The van der Waals surface area contributed by atoms with E-state index < -0.39 is 0 Å². The van der Waals surface area contributed by atoms with Crippen LogP contribution in [-0.4, -0.2) is 12.3 Å². The molecule has 0 radical (unpaired) electrons. The molecule has 128 valence electrons. The second kappa shape index (κ2) is 10.6. The normalized spacial score (nSPS) is 11.5. The molecule has 2 aromatic rings. The molecule has 0 bridgehead atoms. The summed E-state index contributed by atoms with van der Waals surface area (Å²) in [6, 6.07) is 18.6. The minimum Gasteiger partial charge on any atom is -0.494 e. The molecule has 24 heavy (non-hydrogen) atoms. The van der Waals surface area contributed by atoms with Crippen LogP contribution in [0.25, 0.3) is 0 Å². The van der Waals surface area contributed by atoms with Gasteiger partial charge >= 0.3 is 0 Å². The van der Waals surface area contributed by atoms with Gasteiger partial charge in [-0.25, -0.2) is 0 Å². The Kier molecular flexibility index (Phi) is 8.09. The molecular weight excluding hydrogens is 294 g/mol. The molecule has 0 N–H and O–H groups in total. The van der Waals surface area contributed by atoms with E-state index in [1.807, 2.05) is 24.3 Å². The van der Waals surface area contributed by atoms with Gasteiger partial charge < -0.3 is 4.74 Å². The number of rotatable bonds is 10. The van der Waals surface area contributed by atoms with Crippen molar-refractivity contribution in [3.05, 3.63) is 60.2 Å². The molecule has 0 saturated heterocycles. The van der Waals surface area contributed by atoms with Gasteiger partial charge in [0.05, 0.1) is 12.3 Å². The van der Waals surface area contributed by atoms with E-state index in [2.05, 4.69) is 44.2 Å². The Morgan fingerprint density at radius 2 is 1.58 bits per heavy atom. The van der Waals surface area contributed by atoms with Crippen LogP contribution in [0.5, 0.6) is 5.75 Å². The maximum atomic E-state index is 5.64. The minimum absolute atomic E-state index is 0.759. The van der Waals surface area contributed by atoms with Crippen LogP contribution >= 0.6 is 0 Å². The van der Waals surface area contributed by atoms with Crippen LogP contribution < -0.4 is 4.74 Å². The van der Waals surface area contributed by atoms with Gasteiger partial charge in [0.15, 0.2) is 0 Å². The van der Waals surface area contributed by atoms with Crippen molar-refractivity contribution in [2.75, 3.05) is 6.61 Å². The number of unbranched alkanes of at least 4 members (excludes halogenated alkanes) is 3. The van der Waals surface area contributed by atoms with Gasteiger partial charge in [-0.15, -0.1) is 0 Å². The molecule has 0 saturated carbocycles. The monoisotopic (exact) mass is 323 g/mol. The summed E-state index contributed by atoms with van der Waals surface area (Å²) >= 11 is 0. The third-order valence-electron chi connectivity index (χ3n) is 3.95. The van der Waals surface area contributed by atoms with E-state index in [1.54, 1.807) is 0 Å². The van der Waals surface area contributed by atoms with Gasteiger partial charge in [-0.05, 0) is 49.1 Å². The molecule has 0 atom stereocenters. The van der Waals surface area contributed by atoms with Gasteiger partial charge in [0.1, 0.15) is 5.75 Å². The summed E-state index contributed by atoms with van der Waals surface area (Å²) in [5.41, 5.74) is 3.39. The summed E-state index contributed by atoms with van der Waals surface area (Å²) in [5.74, 6) is 0.917. The van der Waals surface area contributed by atoms with Crippen molar-refractivity contribution in [1.29, 1.82) is 0 Å². The smallest absolute Gasteiger partial charge is 0.119 e. The number of aliphatic imine (C=N–C) groups is 1. The number of benzene rings is 2. The van der Waals surface area contributed by atoms with E-state index in [0.29, 0.717) is 0 Å². The zero-order valence-electron chi connectivity index (χ0n) is 15.0. The lowest BCUT2D eigenvalue weighted by atomic mass is 10.0. The highest BCUT2D eigenvalue weighted by Crippen LogP contribution is 2.21. The first-order valence-corrected chi connectivity index (χ1v) is 9.19. The van der Waals surface area contributed by atoms with Gasteiger partial charge in [0, 0.05) is 5.71 Å². The number of hydrogen-bond donors (Lipinski definition) is 0. The maximum absolute atomic E-state index is 5.64. The van der Waals surface area contributed by atoms with Gasteiger partial charge in [0.2, 0.25) is 0 Å². The van der Waals surface area contributed by atoms with Crippen molar-refractivity contribution in [2.45, 2.75) is 52.4 Å². The van der Waals surface area contributed by atoms with Crippen molar-refractivity contribution in [3.63, 3.8) is 0 Å². The quantitative estimate of drug-likeness (QED) is 0.358. The lowest BCUT2D eigenvalue weighted by Gasteiger charge is -2.08. The molecule has 0 aromatic heterocycles. The molecule has 0 aliphatic carbocycles. The Morgan fingerprint density at radius 1 is 0.833 bits per heavy atom. The first-order chi connectivity index (χ1) is 11.8. The zero-order valence-corrected chi connectivity index (χ0v) is 15.0. The van der Waals surface area contributed by atoms with Crippen LogP contribution in [0.2, 0.25) is 0 Å². The van der Waals surface area contributed by atoms with Gasteiger partial charge in [-0.2, -0.15) is 0 Å². The SMILES string of the molecule is CCCCCCC(=Nc1ccc(OCCC)cc1)c1ccccc1. The Hall–Kier alpha value is -2.09. The topological polar surface area (TPSA) is 21.6 Å². The second-order valence-electron chi connectivity index (χ2n) is 6.08. The lowest BCUT2D eigenvalue weighted by molar-refractivity contribution is 0.317. The molecule has 2 aromatic carbocycles. The summed E-state index contributed by atoms with van der Waals surface area (Å²) in [7, 11) is 0. The molecule has 0 amide bonds. The molecule has 0 heterocycles. The summed E-state index contributed by atoms with van der Waals surface area (Å²) in [5, 5.41) is 0. The Morgan fingerprint density at radius 3 is 2.25 bits per heavy atom. The molecule has 2 rings (SSSR count). The van der Waals surface area contributed by atoms with Crippen molar-refractivity contribution in [3.8, 4) is 5.75 Å². The molecular formula is C22H29NO. The van der Waals surface area contributed by atoms with E-state index in [0.717, 1.165) is 30.9 Å². The third-order valence-corrected chi connectivity index (χ3v) is 3.95. The fourth-order valence-corrected chi connectivity index (χ4v) is 2.61. The summed E-state index contributed by atoms with van der Waals surface area (Å²) in [6.07, 6.45) is 7.07. The highest BCUT2D eigenvalue weighted by atomic mass is 16.5. The standard InChI is InChI=1S/C22H29NO/c1-3-5-6-10-13-22(19-11-8-7-9-12-19)23-20-14-16-21(17-15-20)24-18-4-2/h7-9,11-12,14-17H,3-6,10,13,18H2,1-2H3. The molecule has 0 aliphatic rings. The third kappa shape index (κ3) is 6.19. The highest BCUT2D eigenvalue weighted by molar-refractivity contribution is 6.02. The second-order valence-corrected chi connectivity index (χ2v) is 6.08. The minimum atomic E-state index is 0.759. The molecule has 0 spiro atoms. The van der Waals surface area contributed by atoms with E-state index in [-0.39, 0.29) is 0 Å². The average Bonchev–Trinajstić information content (AvgIpc) is 2.64. The van der Waals surface area contributed by atoms with Crippen LogP contribution in [-0.2, 0) is 0 Å². The lowest BCUT2D eigenvalue weighted by Crippen LogP contribution is -2.00. The van der Waals surface area contributed by atoms with Gasteiger partial charge in [-0.3, -0.25) is 4.99 Å². The fourth-order valence-electron chi connectivity index (χ4n) is 2.61. The van der Waals surface area contributed by atoms with Crippen LogP contribution in [0.15, 0.2) is 59.6 Å². The van der Waals surface area contributed by atoms with Gasteiger partial charge in [-0.1, -0.05) is 63.4 Å². The van der Waals surface area contributed by atoms with E-state index in [1.165, 1.54) is 37.0 Å². The number of nitrogens with zero attached hydrogens (tertiary/aromatic N) is 1. The van der Waals surface area contributed by atoms with E-state index in [9.17, 15) is 0 Å². The molecule has 0 aliphatic heterocycles. The van der Waals surface area contributed by atoms with E-state index in [4.69, 9.17) is 9.73 Å². The Labute approximate surface area is 146 Å². The molecule has 0 fully saturated rings. The van der Waals surface area contributed by atoms with E-state index >= 15 is 0 Å². The van der Waals surface area contributed by atoms with Gasteiger partial charge in [0.25, 0.3) is 0 Å². The highest BCUT2D eigenvalue weighted by Gasteiger charge is 2.04. The van der Waals surface area contributed by atoms with Crippen LogP contribution in [0, 0.1) is 0 Å². The van der Waals surface area contributed by atoms with Crippen molar-refractivity contribution in [1.82, 2.24) is 0 Å². The first kappa shape index (κ1) is 18.3. The van der Waals surface area contributed by atoms with Crippen molar-refractivity contribution >= 4 is 11.4 Å². The molecule has 2 heteroatoms. The number of hydrogen-bond acceptors (Lipinski definition) is 2. The Bertz CT molecular complexity index is 602. The van der Waals surface area contributed by atoms with Crippen molar-refractivity contribution in [2.24, 2.45) is 4.99 Å². The predicted molar refractivity (Wildman–Crippen MR) is 104 cm³/mol. The largest absolute Gasteiger partial charge is 0.494 e. The van der Waals surface area contributed by atoms with Crippen LogP contribution in [0.4, 0.5) is 5.69 Å². The summed E-state index contributed by atoms with van der Waals surface area (Å²) < 4.78 is 5.64. The number of ether oxygens (including phenoxy) is 1. The fraction of sp³-hybridized carbons (Fsp3) is 0.409. The average molecular weight is 323 g/mol. The summed E-state index contributed by atoms with van der Waals surface area (Å²) in [4.78, 5) is 4.91. The molecule has 2 nitrogen and oxygen atoms in total. The maximum Gasteiger partial charge on any atom is 0.119 e. The van der Waals surface area contributed by atoms with Crippen LogP contribution in [0.1, 0.15) is 57.9 Å².